The molecule has 0 bridgehead atoms. The predicted molar refractivity (Wildman–Crippen MR) is 68.9 cm³/mol. The molecule has 82 valence electrons. The smallest absolute Gasteiger partial charge is 0.286 e. The summed E-state index contributed by atoms with van der Waals surface area (Å²) < 4.78 is 15.5. The number of aromatic nitrogens is 1. The molecule has 0 aliphatic heterocycles. The monoisotopic (exact) mass is 329 g/mol. The summed E-state index contributed by atoms with van der Waals surface area (Å²) in [6, 6.07) is 10.5. The Morgan fingerprint density at radius 2 is 2.06 bits per heavy atom. The summed E-state index contributed by atoms with van der Waals surface area (Å²) in [5.74, 6) is -0.715. The lowest BCUT2D eigenvalue weighted by atomic mass is 10.2. The average molecular weight is 329 g/mol. The number of hydrogen-bond donors (Lipinski definition) is 0. The molecule has 0 aliphatic carbocycles. The highest BCUT2D eigenvalue weighted by atomic mass is 127. The molecule has 4 heteroatoms. The SMILES string of the molecule is O=c1c(F)cccn1Cc1cccc(I)c1. The van der Waals surface area contributed by atoms with Gasteiger partial charge in [0.25, 0.3) is 5.56 Å². The van der Waals surface area contributed by atoms with Crippen LogP contribution in [0.1, 0.15) is 5.56 Å². The minimum Gasteiger partial charge on any atom is -0.309 e. The van der Waals surface area contributed by atoms with Crippen molar-refractivity contribution in [3.05, 3.63) is 67.9 Å². The van der Waals surface area contributed by atoms with Crippen LogP contribution in [0.4, 0.5) is 4.39 Å². The zero-order valence-corrected chi connectivity index (χ0v) is 10.5. The second-order valence-electron chi connectivity index (χ2n) is 3.42. The lowest BCUT2D eigenvalue weighted by Crippen LogP contribution is -2.22. The molecule has 2 nitrogen and oxygen atoms in total. The maximum Gasteiger partial charge on any atom is 0.286 e. The molecule has 0 spiro atoms. The van der Waals surface area contributed by atoms with Crippen LogP contribution in [0.3, 0.4) is 0 Å². The van der Waals surface area contributed by atoms with E-state index in [1.165, 1.54) is 16.7 Å². The van der Waals surface area contributed by atoms with Gasteiger partial charge in [-0.1, -0.05) is 12.1 Å². The summed E-state index contributed by atoms with van der Waals surface area (Å²) in [5, 5.41) is 0. The highest BCUT2D eigenvalue weighted by Gasteiger charge is 2.02. The molecule has 1 aromatic heterocycles. The average Bonchev–Trinajstić information content (AvgIpc) is 2.25. The van der Waals surface area contributed by atoms with Crippen molar-refractivity contribution in [3.63, 3.8) is 0 Å². The molecule has 0 aliphatic rings. The Kier molecular flexibility index (Phi) is 3.38. The van der Waals surface area contributed by atoms with Gasteiger partial charge >= 0.3 is 0 Å². The fourth-order valence-corrected chi connectivity index (χ4v) is 2.07. The quantitative estimate of drug-likeness (QED) is 0.777. The van der Waals surface area contributed by atoms with Gasteiger partial charge in [0.2, 0.25) is 0 Å². The van der Waals surface area contributed by atoms with Crippen molar-refractivity contribution in [1.29, 1.82) is 0 Å². The van der Waals surface area contributed by atoms with Crippen molar-refractivity contribution in [3.8, 4) is 0 Å². The molecule has 0 unspecified atom stereocenters. The standard InChI is InChI=1S/C12H9FINO/c13-11-5-2-6-15(12(11)16)8-9-3-1-4-10(14)7-9/h1-7H,8H2. The highest BCUT2D eigenvalue weighted by molar-refractivity contribution is 14.1. The zero-order valence-electron chi connectivity index (χ0n) is 8.36. The minimum atomic E-state index is -0.715. The van der Waals surface area contributed by atoms with Crippen LogP contribution in [-0.2, 0) is 6.54 Å². The molecule has 0 N–H and O–H groups in total. The Morgan fingerprint density at radius 1 is 1.25 bits per heavy atom. The Balaban J connectivity index is 2.34. The van der Waals surface area contributed by atoms with Crippen LogP contribution in [0, 0.1) is 9.39 Å². The zero-order chi connectivity index (χ0) is 11.5. The van der Waals surface area contributed by atoms with E-state index in [4.69, 9.17) is 0 Å². The summed E-state index contributed by atoms with van der Waals surface area (Å²) >= 11 is 2.20. The largest absolute Gasteiger partial charge is 0.309 e. The van der Waals surface area contributed by atoms with Crippen LogP contribution in [0.25, 0.3) is 0 Å². The van der Waals surface area contributed by atoms with Crippen molar-refractivity contribution in [2.24, 2.45) is 0 Å². The Labute approximate surface area is 106 Å². The molecule has 0 saturated heterocycles. The van der Waals surface area contributed by atoms with Crippen LogP contribution < -0.4 is 5.56 Å². The molecule has 0 fully saturated rings. The van der Waals surface area contributed by atoms with Crippen molar-refractivity contribution >= 4 is 22.6 Å². The Morgan fingerprint density at radius 3 is 2.81 bits per heavy atom. The van der Waals surface area contributed by atoms with E-state index in [1.54, 1.807) is 6.20 Å². The van der Waals surface area contributed by atoms with E-state index in [1.807, 2.05) is 24.3 Å². The molecular formula is C12H9FINO. The predicted octanol–water partition coefficient (Wildman–Crippen LogP) is 2.64. The van der Waals surface area contributed by atoms with Crippen molar-refractivity contribution in [2.75, 3.05) is 0 Å². The van der Waals surface area contributed by atoms with Gasteiger partial charge in [-0.05, 0) is 52.4 Å². The molecule has 16 heavy (non-hydrogen) atoms. The van der Waals surface area contributed by atoms with E-state index in [0.717, 1.165) is 9.13 Å². The van der Waals surface area contributed by atoms with Gasteiger partial charge in [-0.15, -0.1) is 0 Å². The van der Waals surface area contributed by atoms with Crippen molar-refractivity contribution in [2.45, 2.75) is 6.54 Å². The van der Waals surface area contributed by atoms with Gasteiger partial charge in [0.1, 0.15) is 0 Å². The molecule has 2 rings (SSSR count). The second-order valence-corrected chi connectivity index (χ2v) is 4.66. The maximum atomic E-state index is 13.0. The maximum absolute atomic E-state index is 13.0. The third-order valence-electron chi connectivity index (χ3n) is 2.22. The number of rotatable bonds is 2. The number of pyridine rings is 1. The van der Waals surface area contributed by atoms with E-state index in [9.17, 15) is 9.18 Å². The Hall–Kier alpha value is -1.17. The minimum absolute atomic E-state index is 0.396. The lowest BCUT2D eigenvalue weighted by Gasteiger charge is -2.05. The van der Waals surface area contributed by atoms with Gasteiger partial charge in [0.05, 0.1) is 6.54 Å². The Bertz CT molecular complexity index is 565. The fourth-order valence-electron chi connectivity index (χ4n) is 1.46. The highest BCUT2D eigenvalue weighted by Crippen LogP contribution is 2.08. The van der Waals surface area contributed by atoms with E-state index < -0.39 is 11.4 Å². The normalized spacial score (nSPS) is 10.4. The third-order valence-corrected chi connectivity index (χ3v) is 2.89. The summed E-state index contributed by atoms with van der Waals surface area (Å²) in [4.78, 5) is 11.4. The van der Waals surface area contributed by atoms with Crippen molar-refractivity contribution < 1.29 is 4.39 Å². The van der Waals surface area contributed by atoms with Crippen LogP contribution in [-0.4, -0.2) is 4.57 Å². The summed E-state index contributed by atoms with van der Waals surface area (Å²) in [6.45, 7) is 0.396. The van der Waals surface area contributed by atoms with Gasteiger partial charge < -0.3 is 4.57 Å². The van der Waals surface area contributed by atoms with E-state index in [2.05, 4.69) is 22.6 Å². The van der Waals surface area contributed by atoms with Crippen molar-refractivity contribution in [1.82, 2.24) is 4.57 Å². The summed E-state index contributed by atoms with van der Waals surface area (Å²) in [6.07, 6.45) is 1.59. The molecule has 0 saturated carbocycles. The third kappa shape index (κ3) is 2.49. The first-order valence-electron chi connectivity index (χ1n) is 4.76. The van der Waals surface area contributed by atoms with Crippen LogP contribution in [0.5, 0.6) is 0 Å². The second kappa shape index (κ2) is 4.78. The fraction of sp³-hybridized carbons (Fsp3) is 0.0833. The van der Waals surface area contributed by atoms with Crippen LogP contribution >= 0.6 is 22.6 Å². The van der Waals surface area contributed by atoms with Gasteiger partial charge in [-0.25, -0.2) is 4.39 Å². The lowest BCUT2D eigenvalue weighted by molar-refractivity contribution is 0.580. The van der Waals surface area contributed by atoms with E-state index in [-0.39, 0.29) is 0 Å². The number of benzene rings is 1. The van der Waals surface area contributed by atoms with E-state index in [0.29, 0.717) is 6.54 Å². The number of halogens is 2. The first-order valence-corrected chi connectivity index (χ1v) is 5.84. The topological polar surface area (TPSA) is 22.0 Å². The molecule has 1 aromatic carbocycles. The molecular weight excluding hydrogens is 320 g/mol. The molecule has 1 heterocycles. The van der Waals surface area contributed by atoms with Crippen LogP contribution in [0.15, 0.2) is 47.4 Å². The summed E-state index contributed by atoms with van der Waals surface area (Å²) in [7, 11) is 0. The molecule has 0 amide bonds. The number of nitrogens with zero attached hydrogens (tertiary/aromatic N) is 1. The first-order chi connectivity index (χ1) is 7.66. The van der Waals surface area contributed by atoms with Gasteiger partial charge in [0.15, 0.2) is 5.82 Å². The van der Waals surface area contributed by atoms with Gasteiger partial charge in [-0.3, -0.25) is 4.79 Å². The summed E-state index contributed by atoms with van der Waals surface area (Å²) in [5.41, 5.74) is 0.404. The van der Waals surface area contributed by atoms with E-state index >= 15 is 0 Å². The van der Waals surface area contributed by atoms with Gasteiger partial charge in [-0.2, -0.15) is 0 Å². The van der Waals surface area contributed by atoms with Crippen LogP contribution in [0.2, 0.25) is 0 Å². The van der Waals surface area contributed by atoms with Gasteiger partial charge in [0, 0.05) is 9.77 Å². The molecule has 2 aromatic rings. The molecule has 0 atom stereocenters. The molecule has 0 radical (unpaired) electrons. The first kappa shape index (κ1) is 11.3. The number of hydrogen-bond acceptors (Lipinski definition) is 1.